The zero-order valence-corrected chi connectivity index (χ0v) is 11.1. The fourth-order valence-electron chi connectivity index (χ4n) is 1.04. The number of benzene rings is 1. The molecule has 0 saturated carbocycles. The predicted octanol–water partition coefficient (Wildman–Crippen LogP) is 1.15. The zero-order valence-electron chi connectivity index (χ0n) is 8.78. The summed E-state index contributed by atoms with van der Waals surface area (Å²) in [5.74, 6) is -0.785. The van der Waals surface area contributed by atoms with E-state index in [-0.39, 0.29) is 14.9 Å². The number of hydrogen-bond acceptors (Lipinski definition) is 3. The number of amides is 1. The maximum atomic E-state index is 11.9. The van der Waals surface area contributed by atoms with E-state index in [9.17, 15) is 13.2 Å². The van der Waals surface area contributed by atoms with Crippen LogP contribution >= 0.6 is 23.2 Å². The van der Waals surface area contributed by atoms with Crippen LogP contribution in [0, 0.1) is 0 Å². The second kappa shape index (κ2) is 5.22. The van der Waals surface area contributed by atoms with Crippen molar-refractivity contribution in [2.75, 3.05) is 0 Å². The molecule has 0 radical (unpaired) electrons. The molecule has 17 heavy (non-hydrogen) atoms. The first-order valence-corrected chi connectivity index (χ1v) is 6.74. The van der Waals surface area contributed by atoms with E-state index in [4.69, 9.17) is 28.9 Å². The average molecular weight is 297 g/mol. The molecule has 0 aliphatic heterocycles. The van der Waals surface area contributed by atoms with Crippen molar-refractivity contribution in [1.82, 2.24) is 4.72 Å². The van der Waals surface area contributed by atoms with Crippen LogP contribution in [-0.4, -0.2) is 20.4 Å². The third-order valence-electron chi connectivity index (χ3n) is 1.94. The van der Waals surface area contributed by atoms with E-state index in [2.05, 4.69) is 4.72 Å². The lowest BCUT2D eigenvalue weighted by molar-refractivity contribution is -0.119. The Morgan fingerprint density at radius 2 is 2.00 bits per heavy atom. The highest BCUT2D eigenvalue weighted by Gasteiger charge is 2.22. The fourth-order valence-corrected chi connectivity index (χ4v) is 3.01. The van der Waals surface area contributed by atoms with E-state index < -0.39 is 22.0 Å². The molecule has 0 aromatic heterocycles. The van der Waals surface area contributed by atoms with Crippen molar-refractivity contribution in [3.63, 3.8) is 0 Å². The van der Waals surface area contributed by atoms with Gasteiger partial charge in [0.1, 0.15) is 4.90 Å². The fraction of sp³-hybridized carbons (Fsp3) is 0.222. The van der Waals surface area contributed by atoms with Gasteiger partial charge in [-0.25, -0.2) is 8.42 Å². The summed E-state index contributed by atoms with van der Waals surface area (Å²) in [5, 5.41) is 0.236. The molecule has 3 N–H and O–H groups in total. The Kier molecular flexibility index (Phi) is 4.37. The lowest BCUT2D eigenvalue weighted by Gasteiger charge is -2.12. The number of carbonyl (C=O) groups excluding carboxylic acids is 1. The van der Waals surface area contributed by atoms with Crippen LogP contribution in [0.5, 0.6) is 0 Å². The van der Waals surface area contributed by atoms with Gasteiger partial charge in [0.05, 0.1) is 11.1 Å². The predicted molar refractivity (Wildman–Crippen MR) is 65.4 cm³/mol. The maximum Gasteiger partial charge on any atom is 0.242 e. The van der Waals surface area contributed by atoms with Crippen LogP contribution in [0.2, 0.25) is 10.0 Å². The first-order valence-electron chi connectivity index (χ1n) is 4.51. The molecule has 1 amide bonds. The summed E-state index contributed by atoms with van der Waals surface area (Å²) in [5.41, 5.74) is 4.96. The van der Waals surface area contributed by atoms with Gasteiger partial charge in [-0.2, -0.15) is 4.72 Å². The molecule has 0 aliphatic rings. The Hall–Kier alpha value is -0.820. The van der Waals surface area contributed by atoms with Crippen LogP contribution in [0.25, 0.3) is 0 Å². The summed E-state index contributed by atoms with van der Waals surface area (Å²) in [6, 6.07) is 2.98. The van der Waals surface area contributed by atoms with Gasteiger partial charge in [0.25, 0.3) is 0 Å². The van der Waals surface area contributed by atoms with Gasteiger partial charge in [0, 0.05) is 5.02 Å². The summed E-state index contributed by atoms with van der Waals surface area (Å²) in [6.45, 7) is 1.33. The Bertz CT molecular complexity index is 545. The molecule has 0 saturated heterocycles. The van der Waals surface area contributed by atoms with Crippen molar-refractivity contribution in [3.05, 3.63) is 28.2 Å². The standard InChI is InChI=1S/C9H10Cl2N2O3S/c1-5(9(12)14)13-17(15,16)8-4-6(10)2-3-7(8)11/h2-5,13H,1H3,(H2,12,14)/t5-/m1/s1. The normalized spacial score (nSPS) is 13.4. The van der Waals surface area contributed by atoms with Crippen LogP contribution in [0.4, 0.5) is 0 Å². The SMILES string of the molecule is C[C@@H](NS(=O)(=O)c1cc(Cl)ccc1Cl)C(N)=O. The van der Waals surface area contributed by atoms with E-state index in [1.807, 2.05) is 0 Å². The highest BCUT2D eigenvalue weighted by Crippen LogP contribution is 2.24. The topological polar surface area (TPSA) is 89.3 Å². The molecule has 1 rings (SSSR count). The Balaban J connectivity index is 3.13. The van der Waals surface area contributed by atoms with Crippen LogP contribution < -0.4 is 10.5 Å². The third kappa shape index (κ3) is 3.57. The first-order chi connectivity index (χ1) is 7.74. The second-order valence-corrected chi connectivity index (χ2v) is 5.85. The number of hydrogen-bond donors (Lipinski definition) is 2. The molecule has 0 unspecified atom stereocenters. The van der Waals surface area contributed by atoms with Crippen molar-refractivity contribution < 1.29 is 13.2 Å². The molecule has 1 atom stereocenters. The molecule has 8 heteroatoms. The number of carbonyl (C=O) groups is 1. The van der Waals surface area contributed by atoms with E-state index in [1.54, 1.807) is 0 Å². The van der Waals surface area contributed by atoms with Gasteiger partial charge in [-0.3, -0.25) is 4.79 Å². The molecule has 0 bridgehead atoms. The molecule has 1 aromatic rings. The van der Waals surface area contributed by atoms with Crippen LogP contribution in [-0.2, 0) is 14.8 Å². The van der Waals surface area contributed by atoms with E-state index in [0.29, 0.717) is 0 Å². The lowest BCUT2D eigenvalue weighted by atomic mass is 10.4. The summed E-state index contributed by atoms with van der Waals surface area (Å²) < 4.78 is 25.8. The van der Waals surface area contributed by atoms with Crippen molar-refractivity contribution in [2.24, 2.45) is 5.73 Å². The van der Waals surface area contributed by atoms with E-state index in [0.717, 1.165) is 0 Å². The molecule has 94 valence electrons. The number of halogens is 2. The molecular weight excluding hydrogens is 287 g/mol. The maximum absolute atomic E-state index is 11.9. The van der Waals surface area contributed by atoms with Gasteiger partial charge in [0.2, 0.25) is 15.9 Å². The van der Waals surface area contributed by atoms with Crippen molar-refractivity contribution >= 4 is 39.1 Å². The Morgan fingerprint density at radius 3 is 2.53 bits per heavy atom. The third-order valence-corrected chi connectivity index (χ3v) is 4.20. The van der Waals surface area contributed by atoms with Crippen LogP contribution in [0.15, 0.2) is 23.1 Å². The number of sulfonamides is 1. The summed E-state index contributed by atoms with van der Waals surface area (Å²) in [7, 11) is -3.92. The minimum Gasteiger partial charge on any atom is -0.368 e. The minimum atomic E-state index is -3.92. The monoisotopic (exact) mass is 296 g/mol. The average Bonchev–Trinajstić information content (AvgIpc) is 2.20. The van der Waals surface area contributed by atoms with E-state index in [1.165, 1.54) is 25.1 Å². The van der Waals surface area contributed by atoms with Crippen molar-refractivity contribution in [1.29, 1.82) is 0 Å². The highest BCUT2D eigenvalue weighted by atomic mass is 35.5. The number of nitrogens with one attached hydrogen (secondary N) is 1. The van der Waals surface area contributed by atoms with Gasteiger partial charge < -0.3 is 5.73 Å². The van der Waals surface area contributed by atoms with Gasteiger partial charge in [-0.1, -0.05) is 23.2 Å². The number of nitrogens with two attached hydrogens (primary N) is 1. The molecule has 5 nitrogen and oxygen atoms in total. The molecular formula is C9H10Cl2N2O3S. The van der Waals surface area contributed by atoms with Gasteiger partial charge in [0.15, 0.2) is 0 Å². The molecule has 0 spiro atoms. The van der Waals surface area contributed by atoms with Gasteiger partial charge in [-0.05, 0) is 25.1 Å². The number of rotatable bonds is 4. The van der Waals surface area contributed by atoms with Crippen LogP contribution in [0.1, 0.15) is 6.92 Å². The van der Waals surface area contributed by atoms with E-state index >= 15 is 0 Å². The Morgan fingerprint density at radius 1 is 1.41 bits per heavy atom. The smallest absolute Gasteiger partial charge is 0.242 e. The van der Waals surface area contributed by atoms with Crippen molar-refractivity contribution in [2.45, 2.75) is 17.9 Å². The van der Waals surface area contributed by atoms with Crippen LogP contribution in [0.3, 0.4) is 0 Å². The molecule has 1 aromatic carbocycles. The second-order valence-electron chi connectivity index (χ2n) is 3.32. The number of primary amides is 1. The zero-order chi connectivity index (χ0) is 13.2. The minimum absolute atomic E-state index is 0.0126. The summed E-state index contributed by atoms with van der Waals surface area (Å²) in [6.07, 6.45) is 0. The molecule has 0 heterocycles. The Labute approximate surface area is 109 Å². The quantitative estimate of drug-likeness (QED) is 0.873. The van der Waals surface area contributed by atoms with Gasteiger partial charge >= 0.3 is 0 Å². The summed E-state index contributed by atoms with van der Waals surface area (Å²) in [4.78, 5) is 10.6. The first kappa shape index (κ1) is 14.2. The lowest BCUT2D eigenvalue weighted by Crippen LogP contribution is -2.42. The molecule has 0 fully saturated rings. The van der Waals surface area contributed by atoms with Crippen molar-refractivity contribution in [3.8, 4) is 0 Å². The largest absolute Gasteiger partial charge is 0.368 e. The summed E-state index contributed by atoms with van der Waals surface area (Å²) >= 11 is 11.4. The highest BCUT2D eigenvalue weighted by molar-refractivity contribution is 7.89. The van der Waals surface area contributed by atoms with Gasteiger partial charge in [-0.15, -0.1) is 0 Å². The molecule has 0 aliphatic carbocycles.